The van der Waals surface area contributed by atoms with E-state index in [9.17, 15) is 4.79 Å². The molecule has 1 N–H and O–H groups in total. The second-order valence-electron chi connectivity index (χ2n) is 7.21. The van der Waals surface area contributed by atoms with Crippen LogP contribution in [-0.2, 0) is 4.79 Å². The minimum Gasteiger partial charge on any atom is -0.355 e. The summed E-state index contributed by atoms with van der Waals surface area (Å²) in [6.07, 6.45) is 9.15. The molecule has 2 nitrogen and oxygen atoms in total. The first-order valence-electron chi connectivity index (χ1n) is 7.86. The number of hydrogen-bond acceptors (Lipinski definition) is 1. The molecule has 0 heterocycles. The van der Waals surface area contributed by atoms with Crippen LogP contribution in [-0.4, -0.2) is 18.3 Å². The Morgan fingerprint density at radius 2 is 1.84 bits per heavy atom. The first kappa shape index (κ1) is 15.2. The molecule has 0 spiro atoms. The average molecular weight is 286 g/mol. The van der Waals surface area contributed by atoms with Gasteiger partial charge < -0.3 is 5.32 Å². The van der Waals surface area contributed by atoms with E-state index in [1.165, 1.54) is 25.7 Å². The molecule has 0 atom stereocenters. The van der Waals surface area contributed by atoms with Crippen molar-refractivity contribution in [2.24, 2.45) is 16.7 Å². The fraction of sp³-hybridized carbons (Fsp3) is 0.938. The molecule has 2 fully saturated rings. The molecule has 110 valence electrons. The quantitative estimate of drug-likeness (QED) is 0.701. The van der Waals surface area contributed by atoms with E-state index >= 15 is 0 Å². The predicted molar refractivity (Wildman–Crippen MR) is 80.4 cm³/mol. The van der Waals surface area contributed by atoms with E-state index in [2.05, 4.69) is 19.2 Å². The monoisotopic (exact) mass is 285 g/mol. The van der Waals surface area contributed by atoms with Crippen LogP contribution in [0.25, 0.3) is 0 Å². The molecule has 2 aliphatic rings. The van der Waals surface area contributed by atoms with Gasteiger partial charge in [0.1, 0.15) is 0 Å². The third-order valence-corrected chi connectivity index (χ3v) is 5.24. The van der Waals surface area contributed by atoms with Gasteiger partial charge in [-0.25, -0.2) is 0 Å². The Hall–Kier alpha value is -0.240. The van der Waals surface area contributed by atoms with Gasteiger partial charge in [-0.05, 0) is 49.9 Å². The highest BCUT2D eigenvalue weighted by atomic mass is 35.5. The van der Waals surface area contributed by atoms with Crippen LogP contribution in [0.4, 0.5) is 0 Å². The van der Waals surface area contributed by atoms with E-state index in [0.29, 0.717) is 23.1 Å². The Kier molecular flexibility index (Phi) is 4.81. The molecular weight excluding hydrogens is 258 g/mol. The number of nitrogens with one attached hydrogen (secondary N) is 1. The fourth-order valence-corrected chi connectivity index (χ4v) is 4.11. The number of alkyl halides is 1. The highest BCUT2D eigenvalue weighted by molar-refractivity contribution is 6.17. The summed E-state index contributed by atoms with van der Waals surface area (Å²) in [4.78, 5) is 12.6. The molecule has 2 rings (SSSR count). The van der Waals surface area contributed by atoms with Crippen molar-refractivity contribution in [2.45, 2.75) is 65.2 Å². The minimum absolute atomic E-state index is 0.0643. The van der Waals surface area contributed by atoms with E-state index in [1.807, 2.05) is 0 Å². The van der Waals surface area contributed by atoms with E-state index in [-0.39, 0.29) is 5.41 Å². The van der Waals surface area contributed by atoms with Crippen molar-refractivity contribution >= 4 is 17.5 Å². The van der Waals surface area contributed by atoms with Gasteiger partial charge in [0.15, 0.2) is 0 Å². The lowest BCUT2D eigenvalue weighted by Gasteiger charge is -2.30. The SMILES string of the molecule is CC(C)CC1(C(=O)NCC2(CCCl)CC2)CCCC1. The van der Waals surface area contributed by atoms with Gasteiger partial charge in [0, 0.05) is 17.8 Å². The maximum atomic E-state index is 12.6. The smallest absolute Gasteiger partial charge is 0.226 e. The maximum absolute atomic E-state index is 12.6. The molecule has 2 aliphatic carbocycles. The summed E-state index contributed by atoms with van der Waals surface area (Å²) in [6.45, 7) is 5.30. The molecule has 0 saturated heterocycles. The molecule has 0 aromatic rings. The van der Waals surface area contributed by atoms with Crippen LogP contribution in [0.1, 0.15) is 65.2 Å². The molecule has 19 heavy (non-hydrogen) atoms. The highest BCUT2D eigenvalue weighted by Crippen LogP contribution is 2.49. The molecule has 2 saturated carbocycles. The van der Waals surface area contributed by atoms with E-state index in [4.69, 9.17) is 11.6 Å². The predicted octanol–water partition coefficient (Wildman–Crippen LogP) is 4.12. The molecular formula is C16H28ClNO. The number of rotatable bonds is 7. The minimum atomic E-state index is -0.0643. The summed E-state index contributed by atoms with van der Waals surface area (Å²) in [5, 5.41) is 3.26. The summed E-state index contributed by atoms with van der Waals surface area (Å²) in [5.41, 5.74) is 0.278. The first-order valence-corrected chi connectivity index (χ1v) is 8.40. The normalized spacial score (nSPS) is 23.6. The summed E-state index contributed by atoms with van der Waals surface area (Å²) in [5.74, 6) is 1.63. The van der Waals surface area contributed by atoms with E-state index in [1.54, 1.807) is 0 Å². The molecule has 0 aliphatic heterocycles. The largest absolute Gasteiger partial charge is 0.355 e. The van der Waals surface area contributed by atoms with Crippen molar-refractivity contribution in [3.05, 3.63) is 0 Å². The van der Waals surface area contributed by atoms with E-state index < -0.39 is 0 Å². The molecule has 0 aromatic carbocycles. The van der Waals surface area contributed by atoms with Gasteiger partial charge in [-0.2, -0.15) is 0 Å². The molecule has 0 aromatic heterocycles. The van der Waals surface area contributed by atoms with Gasteiger partial charge in [-0.1, -0.05) is 26.7 Å². The van der Waals surface area contributed by atoms with Crippen molar-refractivity contribution in [1.82, 2.24) is 5.32 Å². The zero-order valence-corrected chi connectivity index (χ0v) is 13.2. The van der Waals surface area contributed by atoms with Gasteiger partial charge in [-0.3, -0.25) is 4.79 Å². The highest BCUT2D eigenvalue weighted by Gasteiger charge is 2.45. The summed E-state index contributed by atoms with van der Waals surface area (Å²) >= 11 is 5.85. The van der Waals surface area contributed by atoms with Crippen molar-refractivity contribution in [1.29, 1.82) is 0 Å². The number of carbonyl (C=O) groups is 1. The lowest BCUT2D eigenvalue weighted by atomic mass is 9.77. The van der Waals surface area contributed by atoms with Crippen molar-refractivity contribution in [3.63, 3.8) is 0 Å². The van der Waals surface area contributed by atoms with Crippen LogP contribution in [0.2, 0.25) is 0 Å². The Labute approximate surface area is 122 Å². The van der Waals surface area contributed by atoms with Gasteiger partial charge in [-0.15, -0.1) is 11.6 Å². The molecule has 0 radical (unpaired) electrons. The summed E-state index contributed by atoms with van der Waals surface area (Å²) in [7, 11) is 0. The van der Waals surface area contributed by atoms with Gasteiger partial charge in [0.05, 0.1) is 0 Å². The summed E-state index contributed by atoms with van der Waals surface area (Å²) < 4.78 is 0. The molecule has 0 unspecified atom stereocenters. The standard InChI is InChI=1S/C16H28ClNO/c1-13(2)11-16(5-3-4-6-16)14(19)18-12-15(7-8-15)9-10-17/h13H,3-12H2,1-2H3,(H,18,19). The van der Waals surface area contributed by atoms with Crippen LogP contribution in [0.15, 0.2) is 0 Å². The Balaban J connectivity index is 1.89. The molecule has 3 heteroatoms. The zero-order chi connectivity index (χ0) is 13.9. The van der Waals surface area contributed by atoms with Gasteiger partial charge in [0.25, 0.3) is 0 Å². The average Bonchev–Trinajstić information content (AvgIpc) is 2.95. The van der Waals surface area contributed by atoms with Crippen molar-refractivity contribution in [2.75, 3.05) is 12.4 Å². The molecule has 1 amide bonds. The second kappa shape index (κ2) is 6.03. The van der Waals surface area contributed by atoms with Gasteiger partial charge in [0.2, 0.25) is 5.91 Å². The molecule has 0 bridgehead atoms. The van der Waals surface area contributed by atoms with Crippen LogP contribution in [0.3, 0.4) is 0 Å². The number of hydrogen-bond donors (Lipinski definition) is 1. The maximum Gasteiger partial charge on any atom is 0.226 e. The van der Waals surface area contributed by atoms with Crippen LogP contribution < -0.4 is 5.32 Å². The Morgan fingerprint density at radius 1 is 1.21 bits per heavy atom. The van der Waals surface area contributed by atoms with Crippen LogP contribution in [0, 0.1) is 16.7 Å². The van der Waals surface area contributed by atoms with Crippen molar-refractivity contribution < 1.29 is 4.79 Å². The Bertz CT molecular complexity index is 317. The van der Waals surface area contributed by atoms with Crippen LogP contribution >= 0.6 is 11.6 Å². The summed E-state index contributed by atoms with van der Waals surface area (Å²) in [6, 6.07) is 0. The number of amides is 1. The van der Waals surface area contributed by atoms with E-state index in [0.717, 1.165) is 32.2 Å². The fourth-order valence-electron chi connectivity index (χ4n) is 3.70. The lowest BCUT2D eigenvalue weighted by molar-refractivity contribution is -0.132. The van der Waals surface area contributed by atoms with Gasteiger partial charge >= 0.3 is 0 Å². The topological polar surface area (TPSA) is 29.1 Å². The Morgan fingerprint density at radius 3 is 2.32 bits per heavy atom. The third kappa shape index (κ3) is 3.65. The van der Waals surface area contributed by atoms with Crippen LogP contribution in [0.5, 0.6) is 0 Å². The number of carbonyl (C=O) groups excluding carboxylic acids is 1. The van der Waals surface area contributed by atoms with Crippen molar-refractivity contribution in [3.8, 4) is 0 Å². The lowest BCUT2D eigenvalue weighted by Crippen LogP contribution is -2.42. The second-order valence-corrected chi connectivity index (χ2v) is 7.59. The zero-order valence-electron chi connectivity index (χ0n) is 12.4. The third-order valence-electron chi connectivity index (χ3n) is 5.05. The first-order chi connectivity index (χ1) is 9.02. The number of halogens is 1.